The number of rotatable bonds is 3. The maximum absolute atomic E-state index is 5.41. The van der Waals surface area contributed by atoms with Crippen LogP contribution >= 0.6 is 31.9 Å². The van der Waals surface area contributed by atoms with Crippen molar-refractivity contribution in [1.29, 1.82) is 0 Å². The van der Waals surface area contributed by atoms with E-state index >= 15 is 0 Å². The molecule has 4 nitrogen and oxygen atoms in total. The van der Waals surface area contributed by atoms with Gasteiger partial charge in [-0.2, -0.15) is 15.4 Å². The van der Waals surface area contributed by atoms with Crippen LogP contribution in [0.25, 0.3) is 22.5 Å². The van der Waals surface area contributed by atoms with Crippen LogP contribution < -0.4 is 4.74 Å². The molecule has 0 atom stereocenters. The smallest absolute Gasteiger partial charge is 0.128 e. The average molecular weight is 409 g/mol. The normalized spacial score (nSPS) is 10.6. The van der Waals surface area contributed by atoms with Crippen molar-refractivity contribution in [3.8, 4) is 28.3 Å². The molecule has 3 aromatic rings. The quantitative estimate of drug-likeness (QED) is 0.684. The molecule has 2 aromatic carbocycles. The van der Waals surface area contributed by atoms with Gasteiger partial charge in [-0.1, -0.05) is 44.0 Å². The Kier molecular flexibility index (Phi) is 4.07. The minimum Gasteiger partial charge on any atom is -0.496 e. The van der Waals surface area contributed by atoms with E-state index in [4.69, 9.17) is 4.74 Å². The Morgan fingerprint density at radius 3 is 2.33 bits per heavy atom. The summed E-state index contributed by atoms with van der Waals surface area (Å²) in [5.41, 5.74) is 3.41. The topological polar surface area (TPSA) is 50.8 Å². The zero-order valence-corrected chi connectivity index (χ0v) is 14.3. The lowest BCUT2D eigenvalue weighted by atomic mass is 10.0. The van der Waals surface area contributed by atoms with Gasteiger partial charge in [0, 0.05) is 20.1 Å². The number of aromatic amines is 1. The number of hydrogen-bond donors (Lipinski definition) is 1. The van der Waals surface area contributed by atoms with Crippen LogP contribution in [0.2, 0.25) is 0 Å². The van der Waals surface area contributed by atoms with Gasteiger partial charge in [0.25, 0.3) is 0 Å². The second-order valence-corrected chi connectivity index (χ2v) is 6.21. The van der Waals surface area contributed by atoms with E-state index in [9.17, 15) is 0 Å². The van der Waals surface area contributed by atoms with Gasteiger partial charge >= 0.3 is 0 Å². The lowest BCUT2D eigenvalue weighted by Crippen LogP contribution is -1.90. The van der Waals surface area contributed by atoms with Crippen molar-refractivity contribution < 1.29 is 4.74 Å². The van der Waals surface area contributed by atoms with E-state index in [0.29, 0.717) is 0 Å². The van der Waals surface area contributed by atoms with Gasteiger partial charge in [0.1, 0.15) is 17.1 Å². The van der Waals surface area contributed by atoms with E-state index in [-0.39, 0.29) is 0 Å². The van der Waals surface area contributed by atoms with Gasteiger partial charge in [0.05, 0.1) is 7.11 Å². The zero-order valence-electron chi connectivity index (χ0n) is 11.1. The third-order valence-corrected chi connectivity index (χ3v) is 3.96. The fourth-order valence-electron chi connectivity index (χ4n) is 2.15. The van der Waals surface area contributed by atoms with Crippen molar-refractivity contribution >= 4 is 31.9 Å². The predicted molar refractivity (Wildman–Crippen MR) is 89.2 cm³/mol. The van der Waals surface area contributed by atoms with E-state index in [1.165, 1.54) is 0 Å². The molecule has 106 valence electrons. The van der Waals surface area contributed by atoms with Crippen LogP contribution in [0.1, 0.15) is 0 Å². The standard InChI is InChI=1S/C15H11Br2N3O/c1-21-13-5-3-2-4-12(13)15-14(18-20-19-15)9-6-10(16)8-11(17)7-9/h2-8H,1H3,(H,18,19,20). The van der Waals surface area contributed by atoms with E-state index in [0.717, 1.165) is 37.2 Å². The fraction of sp³-hybridized carbons (Fsp3) is 0.0667. The van der Waals surface area contributed by atoms with Crippen LogP contribution in [0.15, 0.2) is 51.4 Å². The molecule has 0 saturated heterocycles. The Morgan fingerprint density at radius 1 is 0.952 bits per heavy atom. The molecule has 0 aliphatic heterocycles. The van der Waals surface area contributed by atoms with Crippen molar-refractivity contribution in [2.75, 3.05) is 7.11 Å². The van der Waals surface area contributed by atoms with Crippen LogP contribution in [0.3, 0.4) is 0 Å². The molecular formula is C15H11Br2N3O. The summed E-state index contributed by atoms with van der Waals surface area (Å²) >= 11 is 6.99. The van der Waals surface area contributed by atoms with E-state index in [1.807, 2.05) is 42.5 Å². The summed E-state index contributed by atoms with van der Waals surface area (Å²) in [6.07, 6.45) is 0. The Labute approximate surface area is 138 Å². The van der Waals surface area contributed by atoms with Crippen LogP contribution in [0.5, 0.6) is 5.75 Å². The molecule has 0 saturated carbocycles. The fourth-order valence-corrected chi connectivity index (χ4v) is 3.44. The molecule has 0 spiro atoms. The Hall–Kier alpha value is -1.66. The average Bonchev–Trinajstić information content (AvgIpc) is 2.95. The Bertz CT molecular complexity index is 766. The second-order valence-electron chi connectivity index (χ2n) is 4.38. The van der Waals surface area contributed by atoms with Crippen LogP contribution in [0, 0.1) is 0 Å². The summed E-state index contributed by atoms with van der Waals surface area (Å²) in [7, 11) is 1.65. The number of nitrogens with zero attached hydrogens (tertiary/aromatic N) is 2. The number of H-pyrrole nitrogens is 1. The Morgan fingerprint density at radius 2 is 1.62 bits per heavy atom. The number of aromatic nitrogens is 3. The first-order valence-corrected chi connectivity index (χ1v) is 7.78. The minimum absolute atomic E-state index is 0.762. The van der Waals surface area contributed by atoms with Crippen LogP contribution in [0.4, 0.5) is 0 Å². The third kappa shape index (κ3) is 2.87. The molecule has 6 heteroatoms. The number of nitrogens with one attached hydrogen (secondary N) is 1. The number of hydrogen-bond acceptors (Lipinski definition) is 3. The van der Waals surface area contributed by atoms with Gasteiger partial charge in [-0.25, -0.2) is 0 Å². The minimum atomic E-state index is 0.762. The van der Waals surface area contributed by atoms with Crippen molar-refractivity contribution in [1.82, 2.24) is 15.4 Å². The number of para-hydroxylation sites is 1. The van der Waals surface area contributed by atoms with Crippen molar-refractivity contribution in [3.63, 3.8) is 0 Å². The molecule has 1 aromatic heterocycles. The van der Waals surface area contributed by atoms with E-state index in [1.54, 1.807) is 7.11 Å². The van der Waals surface area contributed by atoms with E-state index in [2.05, 4.69) is 47.3 Å². The lowest BCUT2D eigenvalue weighted by Gasteiger charge is -2.07. The molecule has 0 fully saturated rings. The predicted octanol–water partition coefficient (Wildman–Crippen LogP) is 4.67. The van der Waals surface area contributed by atoms with Gasteiger partial charge in [0.2, 0.25) is 0 Å². The highest BCUT2D eigenvalue weighted by Crippen LogP contribution is 2.35. The second kappa shape index (κ2) is 5.99. The van der Waals surface area contributed by atoms with Gasteiger partial charge in [-0.15, -0.1) is 0 Å². The molecule has 1 N–H and O–H groups in total. The number of benzene rings is 2. The summed E-state index contributed by atoms with van der Waals surface area (Å²) in [4.78, 5) is 0. The molecule has 3 rings (SSSR count). The first-order valence-electron chi connectivity index (χ1n) is 6.19. The largest absolute Gasteiger partial charge is 0.496 e. The number of halogens is 2. The summed E-state index contributed by atoms with van der Waals surface area (Å²) in [5.74, 6) is 0.765. The van der Waals surface area contributed by atoms with Crippen LogP contribution in [-0.4, -0.2) is 22.5 Å². The third-order valence-electron chi connectivity index (χ3n) is 3.05. The maximum atomic E-state index is 5.41. The van der Waals surface area contributed by atoms with Gasteiger partial charge in [-0.3, -0.25) is 0 Å². The Balaban J connectivity index is 2.17. The van der Waals surface area contributed by atoms with Gasteiger partial charge in [0.15, 0.2) is 0 Å². The summed E-state index contributed by atoms with van der Waals surface area (Å²) < 4.78 is 7.35. The first-order chi connectivity index (χ1) is 10.2. The molecule has 0 aliphatic rings. The summed E-state index contributed by atoms with van der Waals surface area (Å²) in [6.45, 7) is 0. The SMILES string of the molecule is COc1ccccc1-c1n[nH]nc1-c1cc(Br)cc(Br)c1. The van der Waals surface area contributed by atoms with Crippen molar-refractivity contribution in [3.05, 3.63) is 51.4 Å². The summed E-state index contributed by atoms with van der Waals surface area (Å²) in [5, 5.41) is 11.3. The molecule has 0 radical (unpaired) electrons. The number of methoxy groups -OCH3 is 1. The van der Waals surface area contributed by atoms with Gasteiger partial charge < -0.3 is 4.74 Å². The highest BCUT2D eigenvalue weighted by molar-refractivity contribution is 9.11. The lowest BCUT2D eigenvalue weighted by molar-refractivity contribution is 0.416. The molecule has 0 bridgehead atoms. The molecule has 21 heavy (non-hydrogen) atoms. The maximum Gasteiger partial charge on any atom is 0.128 e. The zero-order chi connectivity index (χ0) is 14.8. The van der Waals surface area contributed by atoms with Crippen molar-refractivity contribution in [2.45, 2.75) is 0 Å². The van der Waals surface area contributed by atoms with E-state index < -0.39 is 0 Å². The van der Waals surface area contributed by atoms with Crippen LogP contribution in [-0.2, 0) is 0 Å². The molecular weight excluding hydrogens is 398 g/mol. The monoisotopic (exact) mass is 407 g/mol. The molecule has 0 amide bonds. The molecule has 0 unspecified atom stereocenters. The highest BCUT2D eigenvalue weighted by Gasteiger charge is 2.16. The van der Waals surface area contributed by atoms with Crippen molar-refractivity contribution in [2.24, 2.45) is 0 Å². The van der Waals surface area contributed by atoms with Gasteiger partial charge in [-0.05, 0) is 30.3 Å². The summed E-state index contributed by atoms with van der Waals surface area (Å²) in [6, 6.07) is 13.7. The first kappa shape index (κ1) is 14.3. The molecule has 0 aliphatic carbocycles. The molecule has 1 heterocycles. The number of ether oxygens (including phenoxy) is 1. The highest BCUT2D eigenvalue weighted by atomic mass is 79.9.